The molecule has 1 aliphatic rings. The van der Waals surface area contributed by atoms with Crippen molar-refractivity contribution in [2.45, 2.75) is 18.7 Å². The quantitative estimate of drug-likeness (QED) is 0.791. The highest BCUT2D eigenvalue weighted by Gasteiger charge is 2.16. The Labute approximate surface area is 105 Å². The second kappa shape index (κ2) is 4.66. The molecule has 2 rings (SSSR count). The molecule has 92 valence electrons. The third-order valence-corrected chi connectivity index (χ3v) is 3.34. The lowest BCUT2D eigenvalue weighted by atomic mass is 10.1. The fourth-order valence-corrected chi connectivity index (χ4v) is 2.54. The Morgan fingerprint density at radius 1 is 1.41 bits per heavy atom. The van der Waals surface area contributed by atoms with Crippen LogP contribution in [0.3, 0.4) is 0 Å². The number of hydrogen-bond acceptors (Lipinski definition) is 4. The molecule has 1 aromatic carbocycles. The molecule has 1 atom stereocenters. The Bertz CT molecular complexity index is 536. The Kier molecular flexibility index (Phi) is 3.40. The van der Waals surface area contributed by atoms with Crippen molar-refractivity contribution in [3.8, 4) is 0 Å². The van der Waals surface area contributed by atoms with Crippen molar-refractivity contribution in [1.29, 1.82) is 0 Å². The highest BCUT2D eigenvalue weighted by atomic mass is 35.7. The fourth-order valence-electron chi connectivity index (χ4n) is 1.57. The van der Waals surface area contributed by atoms with Crippen LogP contribution >= 0.6 is 10.7 Å². The molecular formula is C11H12ClNO3S. The zero-order valence-corrected chi connectivity index (χ0v) is 10.8. The standard InChI is InChI=1S/C11H12ClNO3S/c1-8-6-16-11(13-8)10-4-2-9(3-5-10)7-17(12,14)15/h2-5,8H,6-7H2,1H3. The van der Waals surface area contributed by atoms with E-state index in [-0.39, 0.29) is 11.8 Å². The van der Waals surface area contributed by atoms with Gasteiger partial charge < -0.3 is 4.74 Å². The van der Waals surface area contributed by atoms with Crippen LogP contribution in [-0.2, 0) is 19.5 Å². The van der Waals surface area contributed by atoms with E-state index < -0.39 is 9.05 Å². The van der Waals surface area contributed by atoms with Crippen LogP contribution in [0.25, 0.3) is 0 Å². The van der Waals surface area contributed by atoms with Gasteiger partial charge in [-0.3, -0.25) is 0 Å². The Morgan fingerprint density at radius 2 is 2.06 bits per heavy atom. The average molecular weight is 274 g/mol. The number of halogens is 1. The molecule has 0 N–H and O–H groups in total. The smallest absolute Gasteiger partial charge is 0.236 e. The van der Waals surface area contributed by atoms with Gasteiger partial charge in [0.25, 0.3) is 0 Å². The molecule has 0 amide bonds. The summed E-state index contributed by atoms with van der Waals surface area (Å²) >= 11 is 0. The van der Waals surface area contributed by atoms with E-state index in [1.807, 2.05) is 6.92 Å². The second-order valence-electron chi connectivity index (χ2n) is 3.97. The maximum absolute atomic E-state index is 10.9. The van der Waals surface area contributed by atoms with Gasteiger partial charge in [-0.15, -0.1) is 0 Å². The van der Waals surface area contributed by atoms with Gasteiger partial charge in [-0.2, -0.15) is 0 Å². The Balaban J connectivity index is 2.16. The van der Waals surface area contributed by atoms with Crippen LogP contribution in [0, 0.1) is 0 Å². The molecule has 6 heteroatoms. The molecule has 1 unspecified atom stereocenters. The maximum atomic E-state index is 10.9. The summed E-state index contributed by atoms with van der Waals surface area (Å²) in [7, 11) is 1.67. The highest BCUT2D eigenvalue weighted by molar-refractivity contribution is 8.13. The van der Waals surface area contributed by atoms with Crippen molar-refractivity contribution < 1.29 is 13.2 Å². The van der Waals surface area contributed by atoms with Gasteiger partial charge in [0.05, 0.1) is 11.8 Å². The van der Waals surface area contributed by atoms with Crippen LogP contribution in [0.2, 0.25) is 0 Å². The Morgan fingerprint density at radius 3 is 2.53 bits per heavy atom. The van der Waals surface area contributed by atoms with E-state index in [0.29, 0.717) is 18.1 Å². The fraction of sp³-hybridized carbons (Fsp3) is 0.364. The first kappa shape index (κ1) is 12.4. The van der Waals surface area contributed by atoms with Crippen LogP contribution in [0.5, 0.6) is 0 Å². The van der Waals surface area contributed by atoms with Gasteiger partial charge in [-0.1, -0.05) is 12.1 Å². The summed E-state index contributed by atoms with van der Waals surface area (Å²) in [6.45, 7) is 2.56. The molecular weight excluding hydrogens is 262 g/mol. The summed E-state index contributed by atoms with van der Waals surface area (Å²) in [6, 6.07) is 7.17. The average Bonchev–Trinajstić information content (AvgIpc) is 2.63. The summed E-state index contributed by atoms with van der Waals surface area (Å²) in [5.41, 5.74) is 1.50. The molecule has 0 bridgehead atoms. The van der Waals surface area contributed by atoms with Crippen molar-refractivity contribution in [3.63, 3.8) is 0 Å². The molecule has 0 aromatic heterocycles. The lowest BCUT2D eigenvalue weighted by Gasteiger charge is -2.02. The summed E-state index contributed by atoms with van der Waals surface area (Å²) in [5, 5.41) is 0. The van der Waals surface area contributed by atoms with E-state index in [9.17, 15) is 8.42 Å². The lowest BCUT2D eigenvalue weighted by Crippen LogP contribution is -2.02. The number of ether oxygens (including phenoxy) is 1. The monoisotopic (exact) mass is 273 g/mol. The first-order chi connectivity index (χ1) is 7.94. The van der Waals surface area contributed by atoms with E-state index in [2.05, 4.69) is 4.99 Å². The van der Waals surface area contributed by atoms with Gasteiger partial charge in [-0.05, 0) is 24.6 Å². The first-order valence-electron chi connectivity index (χ1n) is 5.16. The van der Waals surface area contributed by atoms with Gasteiger partial charge in [0.1, 0.15) is 6.61 Å². The van der Waals surface area contributed by atoms with Crippen LogP contribution in [0.15, 0.2) is 29.3 Å². The van der Waals surface area contributed by atoms with Crippen molar-refractivity contribution in [2.24, 2.45) is 4.99 Å². The van der Waals surface area contributed by atoms with E-state index in [1.165, 1.54) is 0 Å². The first-order valence-corrected chi connectivity index (χ1v) is 7.64. The number of aliphatic imine (C=N–C) groups is 1. The molecule has 0 saturated heterocycles. The zero-order chi connectivity index (χ0) is 12.5. The molecule has 1 heterocycles. The molecule has 0 radical (unpaired) electrons. The maximum Gasteiger partial charge on any atom is 0.236 e. The highest BCUT2D eigenvalue weighted by Crippen LogP contribution is 2.15. The molecule has 17 heavy (non-hydrogen) atoms. The van der Waals surface area contributed by atoms with Gasteiger partial charge in [0.2, 0.25) is 14.9 Å². The van der Waals surface area contributed by atoms with Crippen LogP contribution in [0.1, 0.15) is 18.1 Å². The largest absolute Gasteiger partial charge is 0.475 e. The van der Waals surface area contributed by atoms with Crippen LogP contribution in [-0.4, -0.2) is 27.0 Å². The molecule has 0 saturated carbocycles. The predicted octanol–water partition coefficient (Wildman–Crippen LogP) is 1.92. The number of hydrogen-bond donors (Lipinski definition) is 0. The van der Waals surface area contributed by atoms with Gasteiger partial charge in [-0.25, -0.2) is 13.4 Å². The van der Waals surface area contributed by atoms with Crippen molar-refractivity contribution >= 4 is 25.6 Å². The second-order valence-corrected chi connectivity index (χ2v) is 6.75. The third-order valence-electron chi connectivity index (χ3n) is 2.34. The summed E-state index contributed by atoms with van der Waals surface area (Å²) in [4.78, 5) is 4.31. The molecule has 0 aliphatic carbocycles. The van der Waals surface area contributed by atoms with Crippen molar-refractivity contribution in [3.05, 3.63) is 35.4 Å². The van der Waals surface area contributed by atoms with Crippen LogP contribution < -0.4 is 0 Å². The SMILES string of the molecule is CC1COC(c2ccc(CS(=O)(=O)Cl)cc2)=N1. The predicted molar refractivity (Wildman–Crippen MR) is 66.9 cm³/mol. The molecule has 1 aliphatic heterocycles. The minimum atomic E-state index is -3.51. The molecule has 4 nitrogen and oxygen atoms in total. The van der Waals surface area contributed by atoms with Crippen LogP contribution in [0.4, 0.5) is 0 Å². The van der Waals surface area contributed by atoms with E-state index in [1.54, 1.807) is 24.3 Å². The third kappa shape index (κ3) is 3.44. The summed E-state index contributed by atoms with van der Waals surface area (Å²) < 4.78 is 27.2. The minimum Gasteiger partial charge on any atom is -0.475 e. The normalized spacial score (nSPS) is 19.9. The van der Waals surface area contributed by atoms with Gasteiger partial charge in [0, 0.05) is 16.2 Å². The number of benzene rings is 1. The van der Waals surface area contributed by atoms with Gasteiger partial charge in [0.15, 0.2) is 0 Å². The van der Waals surface area contributed by atoms with E-state index in [4.69, 9.17) is 15.4 Å². The van der Waals surface area contributed by atoms with Crippen molar-refractivity contribution in [1.82, 2.24) is 0 Å². The summed E-state index contributed by atoms with van der Waals surface area (Å²) in [6.07, 6.45) is 0. The lowest BCUT2D eigenvalue weighted by molar-refractivity contribution is 0.324. The van der Waals surface area contributed by atoms with E-state index >= 15 is 0 Å². The van der Waals surface area contributed by atoms with Crippen molar-refractivity contribution in [2.75, 3.05) is 6.61 Å². The van der Waals surface area contributed by atoms with E-state index in [0.717, 1.165) is 5.56 Å². The summed E-state index contributed by atoms with van der Waals surface area (Å²) in [5.74, 6) is 0.441. The molecule has 0 spiro atoms. The molecule has 0 fully saturated rings. The zero-order valence-electron chi connectivity index (χ0n) is 9.26. The topological polar surface area (TPSA) is 55.7 Å². The number of nitrogens with zero attached hydrogens (tertiary/aromatic N) is 1. The minimum absolute atomic E-state index is 0.168. The Hall–Kier alpha value is -1.07. The number of rotatable bonds is 3. The molecule has 1 aromatic rings. The van der Waals surface area contributed by atoms with Gasteiger partial charge >= 0.3 is 0 Å².